The van der Waals surface area contributed by atoms with Gasteiger partial charge in [-0.1, -0.05) is 165 Å². The smallest absolute Gasteiger partial charge is 0.129 e. The van der Waals surface area contributed by atoms with Crippen molar-refractivity contribution in [2.24, 2.45) is 4.99 Å². The van der Waals surface area contributed by atoms with Gasteiger partial charge in [0.25, 0.3) is 0 Å². The quantitative estimate of drug-likeness (QED) is 0.142. The predicted octanol–water partition coefficient (Wildman–Crippen LogP) is 14.3. The van der Waals surface area contributed by atoms with Crippen LogP contribution >= 0.6 is 0 Å². The zero-order valence-corrected chi connectivity index (χ0v) is 32.6. The molecule has 0 saturated heterocycles. The second-order valence-corrected chi connectivity index (χ2v) is 14.6. The first kappa shape index (κ1) is 36.2. The Kier molecular flexibility index (Phi) is 9.94. The summed E-state index contributed by atoms with van der Waals surface area (Å²) in [4.78, 5) is 7.07. The molecule has 58 heavy (non-hydrogen) atoms. The maximum absolute atomic E-state index is 4.86. The Bertz CT molecular complexity index is 2870. The SMILES string of the molecule is C=C(/C=C(\C=C(/C)N1C(=C)N=C/C=C\Cc2c1ccc1c3ccccc3n(-c3cc(-c4ccccc4)cc(-c4ccccc4)c3)c21)c1ccccc1)c1ccccc1. The minimum atomic E-state index is 0.635. The van der Waals surface area contributed by atoms with E-state index in [0.717, 1.165) is 61.5 Å². The third-order valence-electron chi connectivity index (χ3n) is 10.9. The molecule has 0 N–H and O–H groups in total. The van der Waals surface area contributed by atoms with Crippen molar-refractivity contribution in [2.45, 2.75) is 13.3 Å². The molecule has 3 heteroatoms. The molecule has 0 amide bonds. The van der Waals surface area contributed by atoms with Gasteiger partial charge >= 0.3 is 0 Å². The highest BCUT2D eigenvalue weighted by atomic mass is 15.2. The average Bonchev–Trinajstić information content (AvgIpc) is 3.65. The van der Waals surface area contributed by atoms with Gasteiger partial charge < -0.3 is 4.57 Å². The van der Waals surface area contributed by atoms with Gasteiger partial charge in [0, 0.05) is 33.9 Å². The van der Waals surface area contributed by atoms with Gasteiger partial charge in [-0.05, 0) is 106 Å². The molecule has 278 valence electrons. The highest BCUT2D eigenvalue weighted by molar-refractivity contribution is 6.12. The third-order valence-corrected chi connectivity index (χ3v) is 10.9. The topological polar surface area (TPSA) is 20.5 Å². The Morgan fingerprint density at radius 3 is 1.84 bits per heavy atom. The minimum Gasteiger partial charge on any atom is -0.309 e. The molecule has 1 aliphatic heterocycles. The van der Waals surface area contributed by atoms with Crippen molar-refractivity contribution < 1.29 is 0 Å². The maximum atomic E-state index is 4.86. The summed E-state index contributed by atoms with van der Waals surface area (Å²) in [5.41, 5.74) is 15.5. The number of anilines is 1. The molecule has 0 bridgehead atoms. The van der Waals surface area contributed by atoms with E-state index < -0.39 is 0 Å². The maximum Gasteiger partial charge on any atom is 0.129 e. The first-order valence-electron chi connectivity index (χ1n) is 19.7. The highest BCUT2D eigenvalue weighted by Crippen LogP contribution is 2.42. The van der Waals surface area contributed by atoms with Crippen molar-refractivity contribution in [1.29, 1.82) is 0 Å². The lowest BCUT2D eigenvalue weighted by Crippen LogP contribution is -2.20. The Morgan fingerprint density at radius 1 is 0.603 bits per heavy atom. The molecular formula is C55H43N3. The number of hydrogen-bond donors (Lipinski definition) is 0. The van der Waals surface area contributed by atoms with Gasteiger partial charge in [-0.25, -0.2) is 4.99 Å². The first-order valence-corrected chi connectivity index (χ1v) is 19.7. The molecule has 8 aromatic rings. The second kappa shape index (κ2) is 15.9. The van der Waals surface area contributed by atoms with Crippen molar-refractivity contribution in [3.63, 3.8) is 0 Å². The molecule has 0 spiro atoms. The highest BCUT2D eigenvalue weighted by Gasteiger charge is 2.24. The van der Waals surface area contributed by atoms with E-state index in [1.54, 1.807) is 0 Å². The van der Waals surface area contributed by atoms with Crippen LogP contribution in [0.5, 0.6) is 0 Å². The van der Waals surface area contributed by atoms with E-state index in [-0.39, 0.29) is 0 Å². The standard InChI is InChI=1S/C55H43N3/c1-39(42-20-8-4-9-21-42)34-46(43-22-10-5-11-23-43)35-40(2)57-41(3)56-33-19-18-29-52-54(57)32-31-51-50-28-16-17-30-53(50)58(55(51)52)49-37-47(44-24-12-6-13-25-44)36-48(38-49)45-26-14-7-15-27-45/h4-28,30-38H,1,3,29H2,2H3/b19-18-,40-35+,46-34+,56-33?. The zero-order valence-electron chi connectivity index (χ0n) is 32.6. The third kappa shape index (κ3) is 7.06. The second-order valence-electron chi connectivity index (χ2n) is 14.6. The van der Waals surface area contributed by atoms with Gasteiger partial charge in [-0.2, -0.15) is 0 Å². The van der Waals surface area contributed by atoms with Gasteiger partial charge in [0.2, 0.25) is 0 Å². The zero-order chi connectivity index (χ0) is 39.4. The summed E-state index contributed by atoms with van der Waals surface area (Å²) in [6.07, 6.45) is 11.2. The van der Waals surface area contributed by atoms with E-state index in [1.807, 2.05) is 36.6 Å². The fraction of sp³-hybridized carbons (Fsp3) is 0.0364. The Balaban J connectivity index is 1.29. The Labute approximate surface area is 340 Å². The van der Waals surface area contributed by atoms with Crippen LogP contribution < -0.4 is 4.90 Å². The summed E-state index contributed by atoms with van der Waals surface area (Å²) < 4.78 is 2.47. The van der Waals surface area contributed by atoms with Crippen LogP contribution in [-0.4, -0.2) is 10.8 Å². The van der Waals surface area contributed by atoms with Crippen molar-refractivity contribution in [3.8, 4) is 27.9 Å². The molecule has 0 unspecified atom stereocenters. The Hall–Kier alpha value is -7.49. The van der Waals surface area contributed by atoms with Crippen molar-refractivity contribution in [3.05, 3.63) is 242 Å². The lowest BCUT2D eigenvalue weighted by molar-refractivity contribution is 1.03. The molecule has 9 rings (SSSR count). The largest absolute Gasteiger partial charge is 0.309 e. The van der Waals surface area contributed by atoms with Crippen LogP contribution in [-0.2, 0) is 6.42 Å². The monoisotopic (exact) mass is 745 g/mol. The van der Waals surface area contributed by atoms with Gasteiger partial charge in [0.1, 0.15) is 5.82 Å². The molecule has 2 heterocycles. The number of rotatable bonds is 8. The molecular weight excluding hydrogens is 703 g/mol. The minimum absolute atomic E-state index is 0.635. The predicted molar refractivity (Wildman–Crippen MR) is 248 cm³/mol. The molecule has 1 aromatic heterocycles. The fourth-order valence-corrected chi connectivity index (χ4v) is 8.15. The number of nitrogens with zero attached hydrogens (tertiary/aromatic N) is 3. The number of aliphatic imine (C=N–C) groups is 1. The van der Waals surface area contributed by atoms with Gasteiger partial charge in [0.15, 0.2) is 0 Å². The molecule has 1 aliphatic rings. The van der Waals surface area contributed by atoms with Crippen LogP contribution in [0.1, 0.15) is 23.6 Å². The molecule has 0 saturated carbocycles. The van der Waals surface area contributed by atoms with E-state index in [2.05, 4.69) is 199 Å². The lowest BCUT2D eigenvalue weighted by atomic mass is 9.97. The summed E-state index contributed by atoms with van der Waals surface area (Å²) in [7, 11) is 0. The van der Waals surface area contributed by atoms with Crippen LogP contribution in [0.3, 0.4) is 0 Å². The fourth-order valence-electron chi connectivity index (χ4n) is 8.15. The molecule has 7 aromatic carbocycles. The van der Waals surface area contributed by atoms with Gasteiger partial charge in [-0.3, -0.25) is 4.90 Å². The normalized spacial score (nSPS) is 13.9. The first-order chi connectivity index (χ1) is 28.5. The van der Waals surface area contributed by atoms with E-state index >= 15 is 0 Å². The van der Waals surface area contributed by atoms with Crippen molar-refractivity contribution in [1.82, 2.24) is 4.57 Å². The van der Waals surface area contributed by atoms with E-state index in [0.29, 0.717) is 12.2 Å². The summed E-state index contributed by atoms with van der Waals surface area (Å²) >= 11 is 0. The van der Waals surface area contributed by atoms with Crippen LogP contribution in [0, 0.1) is 0 Å². The number of fused-ring (bicyclic) bond motifs is 5. The van der Waals surface area contributed by atoms with Gasteiger partial charge in [0.05, 0.1) is 16.7 Å². The summed E-state index contributed by atoms with van der Waals surface area (Å²) in [5, 5.41) is 2.41. The summed E-state index contributed by atoms with van der Waals surface area (Å²) in [6, 6.07) is 62.4. The van der Waals surface area contributed by atoms with E-state index in [9.17, 15) is 0 Å². The number of allylic oxidation sites excluding steroid dienone is 7. The molecule has 0 aliphatic carbocycles. The lowest BCUT2D eigenvalue weighted by Gasteiger charge is -2.28. The van der Waals surface area contributed by atoms with Crippen LogP contribution in [0.15, 0.2) is 230 Å². The number of hydrogen-bond acceptors (Lipinski definition) is 2. The molecule has 0 fully saturated rings. The van der Waals surface area contributed by atoms with Gasteiger partial charge in [-0.15, -0.1) is 0 Å². The molecule has 3 nitrogen and oxygen atoms in total. The van der Waals surface area contributed by atoms with Crippen molar-refractivity contribution >= 4 is 44.9 Å². The van der Waals surface area contributed by atoms with Crippen LogP contribution in [0.4, 0.5) is 5.69 Å². The molecule has 0 atom stereocenters. The Morgan fingerprint density at radius 2 is 1.19 bits per heavy atom. The van der Waals surface area contributed by atoms with E-state index in [1.165, 1.54) is 27.5 Å². The van der Waals surface area contributed by atoms with E-state index in [4.69, 9.17) is 4.99 Å². The van der Waals surface area contributed by atoms with Crippen LogP contribution in [0.25, 0.3) is 60.9 Å². The van der Waals surface area contributed by atoms with Crippen molar-refractivity contribution in [2.75, 3.05) is 4.90 Å². The number of aromatic nitrogens is 1. The summed E-state index contributed by atoms with van der Waals surface area (Å²) in [5.74, 6) is 0.635. The number of benzene rings is 7. The van der Waals surface area contributed by atoms with Crippen LogP contribution in [0.2, 0.25) is 0 Å². The molecule has 0 radical (unpaired) electrons. The average molecular weight is 746 g/mol. The number of para-hydroxylation sites is 1. The summed E-state index contributed by atoms with van der Waals surface area (Å²) in [6.45, 7) is 11.2.